The number of allylic oxidation sites excluding steroid dienone is 1. The molecule has 1 aliphatic carbocycles. The molecule has 111 heavy (non-hydrogen) atoms. The molecule has 16 rings (SSSR count). The Morgan fingerprint density at radius 1 is 0.369 bits per heavy atom. The molecule has 0 spiro atoms. The van der Waals surface area contributed by atoms with Crippen LogP contribution in [0.2, 0.25) is 0 Å². The number of likely N-dealkylation sites (N-methyl/N-ethyl adjacent to an activating group) is 4. The predicted octanol–water partition coefficient (Wildman–Crippen LogP) is 11.6. The third kappa shape index (κ3) is 20.1. The summed E-state index contributed by atoms with van der Waals surface area (Å²) >= 11 is 0. The lowest BCUT2D eigenvalue weighted by Crippen LogP contribution is -2.50. The number of hydrogen-bond donors (Lipinski definition) is 0. The van der Waals surface area contributed by atoms with Crippen molar-refractivity contribution in [1.29, 1.82) is 0 Å². The summed E-state index contributed by atoms with van der Waals surface area (Å²) in [5, 5.41) is 3.46. The van der Waals surface area contributed by atoms with Crippen LogP contribution in [0.15, 0.2) is 158 Å². The molecule has 580 valence electrons. The van der Waals surface area contributed by atoms with Crippen LogP contribution in [0.25, 0.3) is 38.4 Å². The molecule has 4 aliphatic heterocycles. The van der Waals surface area contributed by atoms with E-state index in [0.29, 0.717) is 31.1 Å². The Labute approximate surface area is 654 Å². The maximum Gasteiger partial charge on any atom is 0.132 e. The second-order valence-corrected chi connectivity index (χ2v) is 30.3. The molecule has 0 unspecified atom stereocenters. The van der Waals surface area contributed by atoms with Gasteiger partial charge in [0.1, 0.15) is 52.4 Å². The van der Waals surface area contributed by atoms with Crippen molar-refractivity contribution in [2.45, 2.75) is 86.1 Å². The minimum Gasteiger partial charge on any atom is -0.367 e. The van der Waals surface area contributed by atoms with E-state index in [1.807, 2.05) is 94.6 Å². The van der Waals surface area contributed by atoms with Gasteiger partial charge in [0.15, 0.2) is 0 Å². The zero-order valence-corrected chi connectivity index (χ0v) is 67.2. The van der Waals surface area contributed by atoms with E-state index in [1.165, 1.54) is 0 Å². The Balaban J connectivity index is 0.000000130. The molecular weight excluding hydrogens is 1390 g/mol. The standard InChI is InChI=1S/2C22H28N6.C21H27FN6.C21H26N6/c1-16-14-28(12-11-26(16)3)21-13-19(24-17(2)25-21)15-27(4)20-9-5-7-18-8-6-10-23-22(18)20;1-17-24-19(15-21(25-17)28-12-6-11-26(2)13-14-28)16-27(3)20-9-4-7-18-8-5-10-23-22(18)20;1-15-24-17(13-19(25-15)28-11-9-26(2)10-12-28)14-27(3)21-18(22)7-6-16-5-4-8-23-20(16)21;1-16-23-18(14-20(24-16)27-12-10-25(2)11-13-27)15-26(3)19-8-4-6-17-7-5-9-22-21(17)19/h5-10,13,16H,11-12,14-15H2,1-4H3;4-5,7-10,15H,6,11-14,16H2,1-3H3;4-5,8,13H,6-7,9-12,14H2,1-3H3;4-9,14H,10-13,15H2,1-3H3/t16-;;;/m0.../s1. The number of aryl methyl sites for hydroxylation is 5. The molecule has 0 N–H and O–H groups in total. The number of pyridine rings is 4. The Morgan fingerprint density at radius 2 is 0.712 bits per heavy atom. The summed E-state index contributed by atoms with van der Waals surface area (Å²) in [6.45, 7) is 28.2. The molecule has 0 radical (unpaired) electrons. The van der Waals surface area contributed by atoms with Crippen LogP contribution in [0, 0.1) is 27.7 Å². The summed E-state index contributed by atoms with van der Waals surface area (Å²) in [5.41, 5.74) is 12.8. The molecule has 24 nitrogen and oxygen atoms in total. The van der Waals surface area contributed by atoms with E-state index in [1.54, 1.807) is 6.20 Å². The quantitative estimate of drug-likeness (QED) is 0.0885. The smallest absolute Gasteiger partial charge is 0.132 e. The number of para-hydroxylation sites is 3. The SMILES string of the molecule is Cc1nc(CN(C)C2=C(F)CCc3cccnc32)cc(N2CCN(C)CC2)n1.Cc1nc(CN(C)c2cccc3cccnc23)cc(N2CCCN(C)CC2)n1.Cc1nc(CN(C)c2cccc3cccnc23)cc(N2CCN(C)CC2)n1.Cc1nc(CN(C)c2cccc3cccnc23)cc(N2CCN(C)[C@@H](C)C2)n1. The number of halogens is 1. The summed E-state index contributed by atoms with van der Waals surface area (Å²) in [6.07, 6.45) is 9.56. The summed E-state index contributed by atoms with van der Waals surface area (Å²) in [7, 11) is 16.9. The second kappa shape index (κ2) is 36.4. The summed E-state index contributed by atoms with van der Waals surface area (Å²) < 4.78 is 14.7. The molecule has 25 heteroatoms. The van der Waals surface area contributed by atoms with Crippen LogP contribution in [-0.2, 0) is 32.6 Å². The maximum absolute atomic E-state index is 14.7. The van der Waals surface area contributed by atoms with E-state index < -0.39 is 0 Å². The number of anilines is 7. The zero-order chi connectivity index (χ0) is 77.7. The first-order valence-corrected chi connectivity index (χ1v) is 39.0. The van der Waals surface area contributed by atoms with Crippen LogP contribution >= 0.6 is 0 Å². The number of rotatable bonds is 16. The first-order chi connectivity index (χ1) is 53.7. The van der Waals surface area contributed by atoms with Gasteiger partial charge in [0.25, 0.3) is 0 Å². The average molecular weight is 1500 g/mol. The third-order valence-electron chi connectivity index (χ3n) is 21.5. The van der Waals surface area contributed by atoms with Gasteiger partial charge in [-0.1, -0.05) is 60.7 Å². The van der Waals surface area contributed by atoms with Crippen LogP contribution in [0.4, 0.5) is 44.7 Å². The maximum atomic E-state index is 14.7. The van der Waals surface area contributed by atoms with Crippen molar-refractivity contribution in [2.24, 2.45) is 0 Å². The van der Waals surface area contributed by atoms with Crippen LogP contribution in [0.1, 0.15) is 77.1 Å². The van der Waals surface area contributed by atoms with Crippen molar-refractivity contribution < 1.29 is 4.39 Å². The molecule has 12 heterocycles. The minimum absolute atomic E-state index is 0.0984. The Hall–Kier alpha value is -10.7. The molecule has 0 bridgehead atoms. The van der Waals surface area contributed by atoms with E-state index in [9.17, 15) is 4.39 Å². The topological polar surface area (TPSA) is 194 Å². The Kier molecular flexibility index (Phi) is 25.7. The first-order valence-electron chi connectivity index (χ1n) is 39.0. The molecule has 5 aliphatic rings. The monoisotopic (exact) mass is 1500 g/mol. The highest BCUT2D eigenvalue weighted by Gasteiger charge is 2.27. The van der Waals surface area contributed by atoms with Crippen LogP contribution in [0.5, 0.6) is 0 Å². The van der Waals surface area contributed by atoms with Gasteiger partial charge in [-0.15, -0.1) is 0 Å². The van der Waals surface area contributed by atoms with Crippen molar-refractivity contribution in [3.63, 3.8) is 0 Å². The van der Waals surface area contributed by atoms with Gasteiger partial charge in [0, 0.05) is 197 Å². The number of piperazine rings is 3. The number of aromatic nitrogens is 12. The minimum atomic E-state index is -0.0984. The highest BCUT2D eigenvalue weighted by atomic mass is 19.1. The molecule has 11 aromatic rings. The highest BCUT2D eigenvalue weighted by molar-refractivity contribution is 5.92. The van der Waals surface area contributed by atoms with Crippen LogP contribution in [0.3, 0.4) is 0 Å². The summed E-state index contributed by atoms with van der Waals surface area (Å²) in [4.78, 5) is 83.1. The van der Waals surface area contributed by atoms with Crippen LogP contribution in [-0.4, -0.2) is 245 Å². The first kappa shape index (κ1) is 78.4. The average Bonchev–Trinajstić information content (AvgIpc) is 1.90. The second-order valence-electron chi connectivity index (χ2n) is 30.3. The summed E-state index contributed by atoms with van der Waals surface area (Å²) in [6, 6.07) is 44.0. The largest absolute Gasteiger partial charge is 0.367 e. The Morgan fingerprint density at radius 3 is 1.12 bits per heavy atom. The van der Waals surface area contributed by atoms with Crippen molar-refractivity contribution in [1.82, 2.24) is 84.3 Å². The van der Waals surface area contributed by atoms with Crippen LogP contribution < -0.4 is 34.3 Å². The lowest BCUT2D eigenvalue weighted by atomic mass is 9.98. The van der Waals surface area contributed by atoms with Crippen molar-refractivity contribution in [3.8, 4) is 0 Å². The molecular formula is C86H109FN24. The van der Waals surface area contributed by atoms with E-state index in [2.05, 4.69) is 241 Å². The van der Waals surface area contributed by atoms with Gasteiger partial charge < -0.3 is 58.8 Å². The fraction of sp³-hybridized carbons (Fsp3) is 0.419. The zero-order valence-electron chi connectivity index (χ0n) is 67.2. The highest BCUT2D eigenvalue weighted by Crippen LogP contribution is 2.35. The van der Waals surface area contributed by atoms with E-state index in [0.717, 1.165) is 255 Å². The van der Waals surface area contributed by atoms with Crippen molar-refractivity contribution in [3.05, 3.63) is 215 Å². The molecule has 4 fully saturated rings. The van der Waals surface area contributed by atoms with Gasteiger partial charge >= 0.3 is 0 Å². The van der Waals surface area contributed by atoms with Crippen molar-refractivity contribution >= 4 is 78.7 Å². The molecule has 0 saturated carbocycles. The predicted molar refractivity (Wildman–Crippen MR) is 449 cm³/mol. The van der Waals surface area contributed by atoms with Gasteiger partial charge in [-0.25, -0.2) is 44.3 Å². The normalized spacial score (nSPS) is 16.6. The summed E-state index contributed by atoms with van der Waals surface area (Å²) in [5.74, 6) is 7.20. The fourth-order valence-electron chi connectivity index (χ4n) is 15.3. The van der Waals surface area contributed by atoms with Gasteiger partial charge in [-0.3, -0.25) is 19.9 Å². The van der Waals surface area contributed by atoms with Gasteiger partial charge in [-0.2, -0.15) is 0 Å². The van der Waals surface area contributed by atoms with E-state index >= 15 is 0 Å². The molecule has 3 aromatic carbocycles. The fourth-order valence-corrected chi connectivity index (χ4v) is 15.3. The van der Waals surface area contributed by atoms with E-state index in [-0.39, 0.29) is 5.83 Å². The van der Waals surface area contributed by atoms with E-state index in [4.69, 9.17) is 19.9 Å². The number of fused-ring (bicyclic) bond motifs is 4. The Bertz CT molecular complexity index is 4830. The molecule has 0 amide bonds. The number of nitrogens with zero attached hydrogens (tertiary/aromatic N) is 24. The van der Waals surface area contributed by atoms with Crippen molar-refractivity contribution in [2.75, 3.05) is 189 Å². The van der Waals surface area contributed by atoms with Gasteiger partial charge in [-0.05, 0) is 130 Å². The lowest BCUT2D eigenvalue weighted by Gasteiger charge is -2.38. The number of benzene rings is 3. The lowest BCUT2D eigenvalue weighted by molar-refractivity contribution is 0.233. The third-order valence-corrected chi connectivity index (χ3v) is 21.5. The molecule has 1 atom stereocenters. The van der Waals surface area contributed by atoms with Gasteiger partial charge in [0.05, 0.1) is 94.0 Å². The molecule has 4 saturated heterocycles. The van der Waals surface area contributed by atoms with Gasteiger partial charge in [0.2, 0.25) is 0 Å². The number of hydrogen-bond acceptors (Lipinski definition) is 24. The molecule has 8 aromatic heterocycles.